The molecule has 2 saturated carbocycles. The van der Waals surface area contributed by atoms with Crippen LogP contribution in [0.15, 0.2) is 36.4 Å². The molecule has 1 aromatic carbocycles. The fourth-order valence-electron chi connectivity index (χ4n) is 5.14. The van der Waals surface area contributed by atoms with Crippen LogP contribution in [0.25, 0.3) is 0 Å². The van der Waals surface area contributed by atoms with E-state index in [1.165, 1.54) is 82.6 Å². The second-order valence-corrected chi connectivity index (χ2v) is 9.01. The Morgan fingerprint density at radius 3 is 2.00 bits per heavy atom. The number of hydrogen-bond acceptors (Lipinski definition) is 1. The Morgan fingerprint density at radius 1 is 0.852 bits per heavy atom. The lowest BCUT2D eigenvalue weighted by Crippen LogP contribution is -2.14. The largest absolute Gasteiger partial charge is 0.192 e. The van der Waals surface area contributed by atoms with Gasteiger partial charge in [0.2, 0.25) is 0 Å². The molecule has 0 aromatic heterocycles. The third-order valence-corrected chi connectivity index (χ3v) is 7.05. The molecular formula is C26H37N. The lowest BCUT2D eigenvalue weighted by atomic mass is 9.76. The zero-order chi connectivity index (χ0) is 18.9. The summed E-state index contributed by atoms with van der Waals surface area (Å²) in [5.41, 5.74) is 2.20. The van der Waals surface area contributed by atoms with E-state index in [0.29, 0.717) is 5.92 Å². The highest BCUT2D eigenvalue weighted by molar-refractivity contribution is 5.33. The molecule has 2 fully saturated rings. The average molecular weight is 364 g/mol. The number of benzene rings is 1. The van der Waals surface area contributed by atoms with Crippen molar-refractivity contribution < 1.29 is 0 Å². The maximum atomic E-state index is 8.95. The molecule has 1 aromatic rings. The van der Waals surface area contributed by atoms with Gasteiger partial charge in [-0.05, 0) is 92.7 Å². The Morgan fingerprint density at radius 2 is 1.44 bits per heavy atom. The molecule has 0 radical (unpaired) electrons. The van der Waals surface area contributed by atoms with E-state index in [2.05, 4.69) is 37.3 Å². The van der Waals surface area contributed by atoms with Crippen molar-refractivity contribution in [3.05, 3.63) is 47.5 Å². The van der Waals surface area contributed by atoms with E-state index >= 15 is 0 Å². The molecule has 0 amide bonds. The molecule has 1 heteroatoms. The number of nitriles is 1. The van der Waals surface area contributed by atoms with Gasteiger partial charge in [-0.2, -0.15) is 5.26 Å². The van der Waals surface area contributed by atoms with Gasteiger partial charge in [0.15, 0.2) is 0 Å². The fraction of sp³-hybridized carbons (Fsp3) is 0.654. The summed E-state index contributed by atoms with van der Waals surface area (Å²) < 4.78 is 0. The maximum Gasteiger partial charge on any atom is 0.0991 e. The Labute approximate surface area is 166 Å². The standard InChI is InChI=1S/C26H37N/c1-2-3-4-5-21-6-8-22(9-7-21)10-11-23-12-16-25(17-13-23)26-18-14-24(20-27)15-19-26/h10-11,14-15,18-19,21-23,25H,2-9,12-13,16-17H2,1H3. The van der Waals surface area contributed by atoms with E-state index in [1.54, 1.807) is 0 Å². The molecule has 2 aliphatic rings. The molecule has 0 aliphatic heterocycles. The molecule has 2 aliphatic carbocycles. The molecule has 0 heterocycles. The summed E-state index contributed by atoms with van der Waals surface area (Å²) >= 11 is 0. The monoisotopic (exact) mass is 363 g/mol. The highest BCUT2D eigenvalue weighted by Gasteiger charge is 2.22. The molecule has 27 heavy (non-hydrogen) atoms. The maximum absolute atomic E-state index is 8.95. The van der Waals surface area contributed by atoms with Crippen molar-refractivity contribution in [2.45, 2.75) is 89.9 Å². The lowest BCUT2D eigenvalue weighted by molar-refractivity contribution is 0.288. The van der Waals surface area contributed by atoms with Gasteiger partial charge in [0.05, 0.1) is 11.6 Å². The van der Waals surface area contributed by atoms with Crippen LogP contribution in [0.5, 0.6) is 0 Å². The van der Waals surface area contributed by atoms with Gasteiger partial charge in [-0.3, -0.25) is 0 Å². The summed E-state index contributed by atoms with van der Waals surface area (Å²) in [4.78, 5) is 0. The molecule has 146 valence electrons. The lowest BCUT2D eigenvalue weighted by Gasteiger charge is -2.29. The Balaban J connectivity index is 1.37. The van der Waals surface area contributed by atoms with E-state index in [9.17, 15) is 0 Å². The Bertz CT molecular complexity index is 605. The third-order valence-electron chi connectivity index (χ3n) is 7.05. The molecule has 1 nitrogen and oxygen atoms in total. The zero-order valence-corrected chi connectivity index (χ0v) is 17.2. The molecule has 0 spiro atoms. The first kappa shape index (κ1) is 20.2. The number of nitrogens with zero attached hydrogens (tertiary/aromatic N) is 1. The second kappa shape index (κ2) is 10.7. The minimum Gasteiger partial charge on any atom is -0.192 e. The van der Waals surface area contributed by atoms with E-state index < -0.39 is 0 Å². The smallest absolute Gasteiger partial charge is 0.0991 e. The van der Waals surface area contributed by atoms with E-state index in [4.69, 9.17) is 5.26 Å². The highest BCUT2D eigenvalue weighted by atomic mass is 14.3. The van der Waals surface area contributed by atoms with Crippen LogP contribution in [0.2, 0.25) is 0 Å². The average Bonchev–Trinajstić information content (AvgIpc) is 2.74. The van der Waals surface area contributed by atoms with Gasteiger partial charge in [0.1, 0.15) is 0 Å². The highest BCUT2D eigenvalue weighted by Crippen LogP contribution is 2.37. The van der Waals surface area contributed by atoms with Crippen molar-refractivity contribution in [1.29, 1.82) is 5.26 Å². The first-order chi connectivity index (χ1) is 13.3. The van der Waals surface area contributed by atoms with Gasteiger partial charge in [-0.25, -0.2) is 0 Å². The van der Waals surface area contributed by atoms with Crippen molar-refractivity contribution in [1.82, 2.24) is 0 Å². The Kier molecular flexibility index (Phi) is 8.00. The predicted molar refractivity (Wildman–Crippen MR) is 115 cm³/mol. The van der Waals surface area contributed by atoms with Crippen molar-refractivity contribution in [2.75, 3.05) is 0 Å². The van der Waals surface area contributed by atoms with Crippen LogP contribution >= 0.6 is 0 Å². The molecule has 0 atom stereocenters. The molecule has 0 bridgehead atoms. The number of rotatable bonds is 7. The summed E-state index contributed by atoms with van der Waals surface area (Å²) in [6.07, 6.45) is 21.9. The van der Waals surface area contributed by atoms with Crippen LogP contribution in [0.3, 0.4) is 0 Å². The third kappa shape index (κ3) is 6.24. The number of unbranched alkanes of at least 4 members (excludes halogenated alkanes) is 2. The van der Waals surface area contributed by atoms with Crippen molar-refractivity contribution in [2.24, 2.45) is 17.8 Å². The van der Waals surface area contributed by atoms with E-state index in [1.807, 2.05) is 12.1 Å². The zero-order valence-electron chi connectivity index (χ0n) is 17.2. The topological polar surface area (TPSA) is 23.8 Å². The molecule has 0 saturated heterocycles. The molecule has 3 rings (SSSR count). The summed E-state index contributed by atoms with van der Waals surface area (Å²) in [6.45, 7) is 2.31. The van der Waals surface area contributed by atoms with Crippen LogP contribution in [0, 0.1) is 29.1 Å². The summed E-state index contributed by atoms with van der Waals surface area (Å²) in [6, 6.07) is 10.5. The molecular weight excluding hydrogens is 326 g/mol. The predicted octanol–water partition coefficient (Wildman–Crippen LogP) is 7.77. The first-order valence-corrected chi connectivity index (χ1v) is 11.5. The van der Waals surface area contributed by atoms with Gasteiger partial charge >= 0.3 is 0 Å². The summed E-state index contributed by atoms with van der Waals surface area (Å²) in [7, 11) is 0. The van der Waals surface area contributed by atoms with Crippen LogP contribution < -0.4 is 0 Å². The Hall–Kier alpha value is -1.55. The second-order valence-electron chi connectivity index (χ2n) is 9.01. The molecule has 0 unspecified atom stereocenters. The first-order valence-electron chi connectivity index (χ1n) is 11.5. The normalized spacial score (nSPS) is 28.9. The van der Waals surface area contributed by atoms with Crippen LogP contribution in [-0.2, 0) is 0 Å². The summed E-state index contributed by atoms with van der Waals surface area (Å²) in [5, 5.41) is 8.95. The quantitative estimate of drug-likeness (QED) is 0.358. The van der Waals surface area contributed by atoms with Gasteiger partial charge < -0.3 is 0 Å². The van der Waals surface area contributed by atoms with Crippen molar-refractivity contribution >= 4 is 0 Å². The SMILES string of the molecule is CCCCCC1CCC(C=CC2CCC(c3ccc(C#N)cc3)CC2)CC1. The van der Waals surface area contributed by atoms with Gasteiger partial charge in [-0.1, -0.05) is 56.9 Å². The minimum atomic E-state index is 0.695. The van der Waals surface area contributed by atoms with Crippen LogP contribution in [-0.4, -0.2) is 0 Å². The summed E-state index contributed by atoms with van der Waals surface area (Å²) in [5.74, 6) is 3.36. The van der Waals surface area contributed by atoms with E-state index in [-0.39, 0.29) is 0 Å². The van der Waals surface area contributed by atoms with Gasteiger partial charge in [-0.15, -0.1) is 0 Å². The van der Waals surface area contributed by atoms with Crippen molar-refractivity contribution in [3.63, 3.8) is 0 Å². The fourth-order valence-corrected chi connectivity index (χ4v) is 5.14. The van der Waals surface area contributed by atoms with Crippen molar-refractivity contribution in [3.8, 4) is 6.07 Å². The van der Waals surface area contributed by atoms with Gasteiger partial charge in [0.25, 0.3) is 0 Å². The number of hydrogen-bond donors (Lipinski definition) is 0. The van der Waals surface area contributed by atoms with Gasteiger partial charge in [0, 0.05) is 0 Å². The minimum absolute atomic E-state index is 0.695. The number of allylic oxidation sites excluding steroid dienone is 2. The molecule has 0 N–H and O–H groups in total. The van der Waals surface area contributed by atoms with Crippen LogP contribution in [0.1, 0.15) is 101 Å². The van der Waals surface area contributed by atoms with E-state index in [0.717, 1.165) is 23.3 Å². The van der Waals surface area contributed by atoms with Crippen LogP contribution in [0.4, 0.5) is 0 Å².